The predicted octanol–water partition coefficient (Wildman–Crippen LogP) is 2.47. The summed E-state index contributed by atoms with van der Waals surface area (Å²) in [5.41, 5.74) is 0.587. The number of amides is 2. The number of benzene rings is 1. The molecule has 1 aliphatic heterocycles. The van der Waals surface area contributed by atoms with Gasteiger partial charge in [0.05, 0.1) is 23.8 Å². The minimum Gasteiger partial charge on any atom is -0.341 e. The number of nitrogens with one attached hydrogen (secondary N) is 1. The number of para-hydroxylation sites is 1. The van der Waals surface area contributed by atoms with Crippen LogP contribution in [0.4, 0.5) is 5.69 Å². The maximum absolute atomic E-state index is 12.3. The number of carbonyl (C=O) groups excluding carboxylic acids is 2. The highest BCUT2D eigenvalue weighted by Gasteiger charge is 2.22. The third kappa shape index (κ3) is 5.52. The third-order valence-corrected chi connectivity index (χ3v) is 4.31. The van der Waals surface area contributed by atoms with Crippen molar-refractivity contribution in [1.82, 2.24) is 9.80 Å². The van der Waals surface area contributed by atoms with Crippen LogP contribution in [0.1, 0.15) is 19.8 Å². The Morgan fingerprint density at radius 3 is 2.78 bits per heavy atom. The zero-order valence-corrected chi connectivity index (χ0v) is 14.5. The quantitative estimate of drug-likeness (QED) is 0.898. The van der Waals surface area contributed by atoms with E-state index < -0.39 is 0 Å². The Balaban J connectivity index is 1.79. The molecule has 1 heterocycles. The van der Waals surface area contributed by atoms with Crippen LogP contribution < -0.4 is 5.32 Å². The molecule has 1 fully saturated rings. The summed E-state index contributed by atoms with van der Waals surface area (Å²) >= 11 is 6.02. The Kier molecular flexibility index (Phi) is 6.42. The summed E-state index contributed by atoms with van der Waals surface area (Å²) in [4.78, 5) is 28.0. The minimum absolute atomic E-state index is 0.0876. The van der Waals surface area contributed by atoms with Crippen LogP contribution in [0.2, 0.25) is 5.02 Å². The third-order valence-electron chi connectivity index (χ3n) is 3.98. The van der Waals surface area contributed by atoms with Crippen LogP contribution in [0.5, 0.6) is 0 Å². The van der Waals surface area contributed by atoms with E-state index in [1.165, 1.54) is 6.42 Å². The molecule has 0 aliphatic carbocycles. The second-order valence-electron chi connectivity index (χ2n) is 6.29. The number of likely N-dealkylation sites (tertiary alicyclic amines) is 1. The molecule has 1 aliphatic rings. The summed E-state index contributed by atoms with van der Waals surface area (Å²) < 4.78 is 0. The first-order valence-electron chi connectivity index (χ1n) is 7.96. The molecule has 0 aromatic heterocycles. The number of likely N-dealkylation sites (N-methyl/N-ethyl adjacent to an activating group) is 1. The zero-order valence-electron chi connectivity index (χ0n) is 13.7. The van der Waals surface area contributed by atoms with Gasteiger partial charge in [-0.3, -0.25) is 14.5 Å². The maximum atomic E-state index is 12.3. The van der Waals surface area contributed by atoms with Crippen LogP contribution in [0.3, 0.4) is 0 Å². The average Bonchev–Trinajstić information content (AvgIpc) is 2.49. The van der Waals surface area contributed by atoms with Gasteiger partial charge < -0.3 is 10.2 Å². The van der Waals surface area contributed by atoms with Crippen molar-refractivity contribution < 1.29 is 9.59 Å². The van der Waals surface area contributed by atoms with E-state index in [2.05, 4.69) is 12.2 Å². The van der Waals surface area contributed by atoms with Gasteiger partial charge in [-0.2, -0.15) is 0 Å². The molecule has 23 heavy (non-hydrogen) atoms. The molecule has 2 amide bonds. The lowest BCUT2D eigenvalue weighted by molar-refractivity contribution is -0.134. The van der Waals surface area contributed by atoms with Crippen molar-refractivity contribution in [2.75, 3.05) is 38.5 Å². The van der Waals surface area contributed by atoms with Crippen LogP contribution in [-0.2, 0) is 9.59 Å². The molecule has 6 heteroatoms. The number of anilines is 1. The lowest BCUT2D eigenvalue weighted by Crippen LogP contribution is -2.45. The Morgan fingerprint density at radius 2 is 2.09 bits per heavy atom. The normalized spacial score (nSPS) is 18.1. The first-order chi connectivity index (χ1) is 11.0. The monoisotopic (exact) mass is 337 g/mol. The molecule has 1 aromatic rings. The lowest BCUT2D eigenvalue weighted by atomic mass is 10.0. The predicted molar refractivity (Wildman–Crippen MR) is 92.6 cm³/mol. The number of nitrogens with zero attached hydrogens (tertiary/aromatic N) is 2. The second-order valence-corrected chi connectivity index (χ2v) is 6.69. The van der Waals surface area contributed by atoms with E-state index in [1.807, 2.05) is 17.0 Å². The average molecular weight is 338 g/mol. The Hall–Kier alpha value is -1.59. The summed E-state index contributed by atoms with van der Waals surface area (Å²) in [7, 11) is 1.78. The van der Waals surface area contributed by atoms with Gasteiger partial charge in [0.2, 0.25) is 11.8 Å². The number of carbonyl (C=O) groups is 2. The number of hydrogen-bond donors (Lipinski definition) is 1. The van der Waals surface area contributed by atoms with E-state index in [4.69, 9.17) is 11.6 Å². The minimum atomic E-state index is -0.180. The summed E-state index contributed by atoms with van der Waals surface area (Å²) in [6.45, 7) is 4.21. The number of hydrogen-bond acceptors (Lipinski definition) is 3. The molecule has 0 unspecified atom stereocenters. The van der Waals surface area contributed by atoms with E-state index in [0.29, 0.717) is 16.6 Å². The van der Waals surface area contributed by atoms with Crippen LogP contribution in [0.15, 0.2) is 24.3 Å². The molecule has 0 saturated carbocycles. The van der Waals surface area contributed by atoms with E-state index in [-0.39, 0.29) is 24.9 Å². The maximum Gasteiger partial charge on any atom is 0.238 e. The van der Waals surface area contributed by atoms with Crippen molar-refractivity contribution in [2.45, 2.75) is 19.8 Å². The van der Waals surface area contributed by atoms with E-state index in [9.17, 15) is 9.59 Å². The first-order valence-corrected chi connectivity index (χ1v) is 8.34. The number of rotatable bonds is 5. The summed E-state index contributed by atoms with van der Waals surface area (Å²) in [5.74, 6) is 0.464. The zero-order chi connectivity index (χ0) is 16.8. The highest BCUT2D eigenvalue weighted by Crippen LogP contribution is 2.20. The number of piperidine rings is 1. The fraction of sp³-hybridized carbons (Fsp3) is 0.529. The molecule has 1 N–H and O–H groups in total. The molecule has 126 valence electrons. The van der Waals surface area contributed by atoms with Crippen LogP contribution in [0.25, 0.3) is 0 Å². The molecule has 0 spiro atoms. The fourth-order valence-electron chi connectivity index (χ4n) is 2.80. The second kappa shape index (κ2) is 8.31. The van der Waals surface area contributed by atoms with Gasteiger partial charge in [-0.1, -0.05) is 30.7 Å². The van der Waals surface area contributed by atoms with Crippen molar-refractivity contribution in [3.05, 3.63) is 29.3 Å². The van der Waals surface area contributed by atoms with E-state index >= 15 is 0 Å². The molecule has 2 rings (SSSR count). The largest absolute Gasteiger partial charge is 0.341 e. The summed E-state index contributed by atoms with van der Waals surface area (Å²) in [6, 6.07) is 7.09. The smallest absolute Gasteiger partial charge is 0.238 e. The molecule has 0 radical (unpaired) electrons. The van der Waals surface area contributed by atoms with Crippen molar-refractivity contribution in [3.63, 3.8) is 0 Å². The van der Waals surface area contributed by atoms with Crippen LogP contribution in [-0.4, -0.2) is 54.8 Å². The lowest BCUT2D eigenvalue weighted by Gasteiger charge is -2.32. The van der Waals surface area contributed by atoms with Crippen molar-refractivity contribution in [2.24, 2.45) is 5.92 Å². The molecular formula is C17H24ClN3O2. The van der Waals surface area contributed by atoms with Crippen LogP contribution in [0, 0.1) is 5.92 Å². The topological polar surface area (TPSA) is 52.7 Å². The van der Waals surface area contributed by atoms with Gasteiger partial charge in [-0.05, 0) is 37.9 Å². The molecule has 1 atom stereocenters. The van der Waals surface area contributed by atoms with Gasteiger partial charge in [0.15, 0.2) is 0 Å². The van der Waals surface area contributed by atoms with Gasteiger partial charge in [-0.15, -0.1) is 0 Å². The Bertz CT molecular complexity index is 565. The van der Waals surface area contributed by atoms with E-state index in [0.717, 1.165) is 19.5 Å². The summed E-state index contributed by atoms with van der Waals surface area (Å²) in [5, 5.41) is 3.27. The molecular weight excluding hydrogens is 314 g/mol. The number of halogens is 1. The Morgan fingerprint density at radius 1 is 1.35 bits per heavy atom. The van der Waals surface area contributed by atoms with Gasteiger partial charge in [-0.25, -0.2) is 0 Å². The van der Waals surface area contributed by atoms with E-state index in [1.54, 1.807) is 24.1 Å². The highest BCUT2D eigenvalue weighted by atomic mass is 35.5. The highest BCUT2D eigenvalue weighted by molar-refractivity contribution is 6.33. The van der Waals surface area contributed by atoms with Gasteiger partial charge in [0.25, 0.3) is 0 Å². The molecule has 0 bridgehead atoms. The van der Waals surface area contributed by atoms with Crippen molar-refractivity contribution >= 4 is 29.1 Å². The van der Waals surface area contributed by atoms with Gasteiger partial charge >= 0.3 is 0 Å². The molecule has 1 saturated heterocycles. The van der Waals surface area contributed by atoms with Crippen molar-refractivity contribution in [1.29, 1.82) is 0 Å². The SMILES string of the molecule is C[C@H]1CCCN(C(=O)CN(C)CC(=O)Nc2ccccc2Cl)C1. The molecule has 1 aromatic carbocycles. The van der Waals surface area contributed by atoms with Crippen molar-refractivity contribution in [3.8, 4) is 0 Å². The van der Waals surface area contributed by atoms with Crippen LogP contribution >= 0.6 is 11.6 Å². The van der Waals surface area contributed by atoms with Gasteiger partial charge in [0, 0.05) is 13.1 Å². The first kappa shape index (κ1) is 17.8. The van der Waals surface area contributed by atoms with Gasteiger partial charge in [0.1, 0.15) is 0 Å². The molecule has 5 nitrogen and oxygen atoms in total. The standard InChI is InChI=1S/C17H24ClN3O2/c1-13-6-5-9-21(10-13)17(23)12-20(2)11-16(22)19-15-8-4-3-7-14(15)18/h3-4,7-8,13H,5-6,9-12H2,1-2H3,(H,19,22)/t13-/m0/s1. The summed E-state index contributed by atoms with van der Waals surface area (Å²) in [6.07, 6.45) is 2.24. The Labute approximate surface area is 142 Å². The fourth-order valence-corrected chi connectivity index (χ4v) is 2.98.